The third-order valence-corrected chi connectivity index (χ3v) is 5.28. The number of amides is 2. The molecule has 3 rings (SSSR count). The molecule has 2 aromatic rings. The molecule has 2 amide bonds. The molecule has 0 aromatic heterocycles. The second-order valence-corrected chi connectivity index (χ2v) is 7.58. The molecule has 0 spiro atoms. The second-order valence-electron chi connectivity index (χ2n) is 7.15. The number of hydrogen-bond donors (Lipinski definition) is 1. The molecule has 0 bridgehead atoms. The van der Waals surface area contributed by atoms with Crippen LogP contribution in [-0.4, -0.2) is 56.2 Å². The van der Waals surface area contributed by atoms with Gasteiger partial charge in [0.15, 0.2) is 18.1 Å². The zero-order valence-electron chi connectivity index (χ0n) is 17.7. The highest BCUT2D eigenvalue weighted by atomic mass is 35.5. The number of rotatable bonds is 8. The van der Waals surface area contributed by atoms with Crippen LogP contribution in [0.4, 0.5) is 0 Å². The van der Waals surface area contributed by atoms with E-state index in [2.05, 4.69) is 5.32 Å². The van der Waals surface area contributed by atoms with Gasteiger partial charge in [0.1, 0.15) is 5.75 Å². The maximum atomic E-state index is 12.9. The number of carbonyl (C=O) groups is 2. The molecule has 1 saturated heterocycles. The Bertz CT molecular complexity index is 913. The SMILES string of the molecule is CCOc1ccccc1OCC(=O)NC1CCN(C(=O)c2cc(Cl)ccc2OC)CC1. The van der Waals surface area contributed by atoms with Gasteiger partial charge in [-0.25, -0.2) is 0 Å². The van der Waals surface area contributed by atoms with Gasteiger partial charge >= 0.3 is 0 Å². The Labute approximate surface area is 187 Å². The fourth-order valence-electron chi connectivity index (χ4n) is 3.50. The monoisotopic (exact) mass is 446 g/mol. The first kappa shape index (κ1) is 22.7. The Balaban J connectivity index is 1.48. The van der Waals surface area contributed by atoms with E-state index in [0.29, 0.717) is 60.4 Å². The smallest absolute Gasteiger partial charge is 0.258 e. The zero-order chi connectivity index (χ0) is 22.2. The molecule has 2 aromatic carbocycles. The average molecular weight is 447 g/mol. The minimum atomic E-state index is -0.201. The van der Waals surface area contributed by atoms with E-state index in [-0.39, 0.29) is 24.5 Å². The van der Waals surface area contributed by atoms with Crippen LogP contribution in [-0.2, 0) is 4.79 Å². The van der Waals surface area contributed by atoms with Crippen molar-refractivity contribution in [1.82, 2.24) is 10.2 Å². The fourth-order valence-corrected chi connectivity index (χ4v) is 3.67. The van der Waals surface area contributed by atoms with E-state index in [1.807, 2.05) is 19.1 Å². The number of likely N-dealkylation sites (tertiary alicyclic amines) is 1. The van der Waals surface area contributed by atoms with Gasteiger partial charge in [-0.3, -0.25) is 9.59 Å². The van der Waals surface area contributed by atoms with E-state index in [4.69, 9.17) is 25.8 Å². The summed E-state index contributed by atoms with van der Waals surface area (Å²) >= 11 is 6.05. The normalized spacial score (nSPS) is 14.1. The molecule has 0 atom stereocenters. The van der Waals surface area contributed by atoms with Crippen molar-refractivity contribution in [3.05, 3.63) is 53.1 Å². The van der Waals surface area contributed by atoms with Crippen LogP contribution >= 0.6 is 11.6 Å². The fraction of sp³-hybridized carbons (Fsp3) is 0.391. The molecular weight excluding hydrogens is 420 g/mol. The van der Waals surface area contributed by atoms with E-state index in [1.54, 1.807) is 35.2 Å². The molecule has 7 nitrogen and oxygen atoms in total. The molecular formula is C23H27ClN2O5. The summed E-state index contributed by atoms with van der Waals surface area (Å²) < 4.78 is 16.4. The molecule has 1 aliphatic heterocycles. The quantitative estimate of drug-likeness (QED) is 0.671. The summed E-state index contributed by atoms with van der Waals surface area (Å²) in [6.07, 6.45) is 1.33. The first-order chi connectivity index (χ1) is 15.0. The maximum absolute atomic E-state index is 12.9. The predicted molar refractivity (Wildman–Crippen MR) is 118 cm³/mol. The molecule has 8 heteroatoms. The number of piperidine rings is 1. The number of nitrogens with zero attached hydrogens (tertiary/aromatic N) is 1. The molecule has 1 N–H and O–H groups in total. The summed E-state index contributed by atoms with van der Waals surface area (Å²) in [6.45, 7) is 3.39. The lowest BCUT2D eigenvalue weighted by Gasteiger charge is -2.32. The first-order valence-corrected chi connectivity index (χ1v) is 10.7. The molecule has 1 heterocycles. The van der Waals surface area contributed by atoms with Gasteiger partial charge in [-0.2, -0.15) is 0 Å². The Hall–Kier alpha value is -2.93. The predicted octanol–water partition coefficient (Wildman–Crippen LogP) is 3.55. The highest BCUT2D eigenvalue weighted by molar-refractivity contribution is 6.31. The van der Waals surface area contributed by atoms with Gasteiger partial charge in [0.25, 0.3) is 11.8 Å². The number of ether oxygens (including phenoxy) is 3. The van der Waals surface area contributed by atoms with E-state index < -0.39 is 0 Å². The van der Waals surface area contributed by atoms with Gasteiger partial charge < -0.3 is 24.4 Å². The Kier molecular flexibility index (Phi) is 8.00. The number of benzene rings is 2. The van der Waals surface area contributed by atoms with Crippen LogP contribution in [0.25, 0.3) is 0 Å². The van der Waals surface area contributed by atoms with Crippen molar-refractivity contribution < 1.29 is 23.8 Å². The van der Waals surface area contributed by atoms with Crippen LogP contribution in [0.15, 0.2) is 42.5 Å². The van der Waals surface area contributed by atoms with E-state index in [9.17, 15) is 9.59 Å². The number of halogens is 1. The van der Waals surface area contributed by atoms with Crippen molar-refractivity contribution in [2.75, 3.05) is 33.4 Å². The van der Waals surface area contributed by atoms with Crippen LogP contribution in [0.3, 0.4) is 0 Å². The molecule has 0 aliphatic carbocycles. The summed E-state index contributed by atoms with van der Waals surface area (Å²) in [5.74, 6) is 1.32. The van der Waals surface area contributed by atoms with Crippen molar-refractivity contribution in [3.63, 3.8) is 0 Å². The van der Waals surface area contributed by atoms with Gasteiger partial charge in [-0.05, 0) is 50.1 Å². The molecule has 166 valence electrons. The van der Waals surface area contributed by atoms with Gasteiger partial charge in [0, 0.05) is 24.2 Å². The van der Waals surface area contributed by atoms with E-state index in [0.717, 1.165) is 0 Å². The van der Waals surface area contributed by atoms with Crippen molar-refractivity contribution in [2.24, 2.45) is 0 Å². The lowest BCUT2D eigenvalue weighted by molar-refractivity contribution is -0.124. The van der Waals surface area contributed by atoms with E-state index >= 15 is 0 Å². The summed E-state index contributed by atoms with van der Waals surface area (Å²) in [5.41, 5.74) is 0.443. The first-order valence-electron chi connectivity index (χ1n) is 10.3. The molecule has 0 unspecified atom stereocenters. The molecule has 1 aliphatic rings. The Morgan fingerprint density at radius 2 is 1.74 bits per heavy atom. The zero-order valence-corrected chi connectivity index (χ0v) is 18.5. The van der Waals surface area contributed by atoms with Crippen molar-refractivity contribution >= 4 is 23.4 Å². The average Bonchev–Trinajstić information content (AvgIpc) is 2.78. The number of nitrogens with one attached hydrogen (secondary N) is 1. The minimum Gasteiger partial charge on any atom is -0.496 e. The maximum Gasteiger partial charge on any atom is 0.258 e. The minimum absolute atomic E-state index is 0.0106. The number of para-hydroxylation sites is 2. The largest absolute Gasteiger partial charge is 0.496 e. The van der Waals surface area contributed by atoms with Gasteiger partial charge in [0.05, 0.1) is 19.3 Å². The van der Waals surface area contributed by atoms with Gasteiger partial charge in [-0.15, -0.1) is 0 Å². The van der Waals surface area contributed by atoms with Crippen LogP contribution in [0.1, 0.15) is 30.1 Å². The highest BCUT2D eigenvalue weighted by Crippen LogP contribution is 2.27. The van der Waals surface area contributed by atoms with Gasteiger partial charge in [-0.1, -0.05) is 23.7 Å². The summed E-state index contributed by atoms with van der Waals surface area (Å²) in [5, 5.41) is 3.47. The van der Waals surface area contributed by atoms with Crippen molar-refractivity contribution in [1.29, 1.82) is 0 Å². The summed E-state index contributed by atoms with van der Waals surface area (Å²) in [6, 6.07) is 12.2. The van der Waals surface area contributed by atoms with E-state index in [1.165, 1.54) is 7.11 Å². The highest BCUT2D eigenvalue weighted by Gasteiger charge is 2.26. The number of carbonyl (C=O) groups excluding carboxylic acids is 2. The second kappa shape index (κ2) is 10.9. The Morgan fingerprint density at radius 1 is 1.06 bits per heavy atom. The third kappa shape index (κ3) is 6.04. The number of methoxy groups -OCH3 is 1. The van der Waals surface area contributed by atoms with Crippen molar-refractivity contribution in [3.8, 4) is 17.2 Å². The lowest BCUT2D eigenvalue weighted by Crippen LogP contribution is -2.47. The van der Waals surface area contributed by atoms with Crippen molar-refractivity contribution in [2.45, 2.75) is 25.8 Å². The number of hydrogen-bond acceptors (Lipinski definition) is 5. The van der Waals surface area contributed by atoms with Crippen LogP contribution in [0, 0.1) is 0 Å². The summed E-state index contributed by atoms with van der Waals surface area (Å²) in [7, 11) is 1.52. The Morgan fingerprint density at radius 3 is 2.39 bits per heavy atom. The van der Waals surface area contributed by atoms with Gasteiger partial charge in [0.2, 0.25) is 0 Å². The molecule has 0 radical (unpaired) electrons. The third-order valence-electron chi connectivity index (χ3n) is 5.05. The lowest BCUT2D eigenvalue weighted by atomic mass is 10.0. The topological polar surface area (TPSA) is 77.1 Å². The van der Waals surface area contributed by atoms with Crippen LogP contribution in [0.2, 0.25) is 5.02 Å². The van der Waals surface area contributed by atoms with Crippen LogP contribution < -0.4 is 19.5 Å². The molecule has 1 fully saturated rings. The molecule has 0 saturated carbocycles. The summed E-state index contributed by atoms with van der Waals surface area (Å²) in [4.78, 5) is 27.0. The molecule has 31 heavy (non-hydrogen) atoms. The standard InChI is InChI=1S/C23H27ClN2O5/c1-3-30-20-6-4-5-7-21(20)31-15-22(27)25-17-10-12-26(13-11-17)23(28)18-14-16(24)8-9-19(18)29-2/h4-9,14,17H,3,10-13,15H2,1-2H3,(H,25,27). The van der Waals surface area contributed by atoms with Crippen LogP contribution in [0.5, 0.6) is 17.2 Å².